The third-order valence-corrected chi connectivity index (χ3v) is 2.43. The smallest absolute Gasteiger partial charge is 0.305 e. The van der Waals surface area contributed by atoms with Gasteiger partial charge in [-0.25, -0.2) is 0 Å². The molecule has 13 heavy (non-hydrogen) atoms. The van der Waals surface area contributed by atoms with Crippen LogP contribution in [-0.4, -0.2) is 11.1 Å². The van der Waals surface area contributed by atoms with E-state index in [0.29, 0.717) is 10.4 Å². The number of nitrogens with two attached hydrogens (primary N) is 1. The summed E-state index contributed by atoms with van der Waals surface area (Å²) in [5.41, 5.74) is 6.21. The fourth-order valence-corrected chi connectivity index (χ4v) is 1.76. The van der Waals surface area contributed by atoms with Crippen LogP contribution in [0.25, 0.3) is 0 Å². The van der Waals surface area contributed by atoms with Crippen LogP contribution in [0.3, 0.4) is 0 Å². The summed E-state index contributed by atoms with van der Waals surface area (Å²) in [6.07, 6.45) is -0.147. The topological polar surface area (TPSA) is 87.1 Å². The molecule has 1 unspecified atom stereocenters. The van der Waals surface area contributed by atoms with Crippen molar-refractivity contribution >= 4 is 17.3 Å². The first-order valence-corrected chi connectivity index (χ1v) is 4.48. The van der Waals surface area contributed by atoms with Gasteiger partial charge in [0.25, 0.3) is 0 Å². The molecule has 1 rings (SSSR count). The molecule has 0 amide bonds. The van der Waals surface area contributed by atoms with Gasteiger partial charge in [-0.15, -0.1) is 11.3 Å². The Kier molecular flexibility index (Phi) is 3.01. The van der Waals surface area contributed by atoms with Crippen LogP contribution >= 0.6 is 11.3 Å². The minimum atomic E-state index is -0.956. The van der Waals surface area contributed by atoms with Crippen molar-refractivity contribution in [3.63, 3.8) is 0 Å². The SMILES string of the molecule is N#Cc1sccc1C(N)CC(=O)O. The Bertz CT molecular complexity index is 353. The fourth-order valence-electron chi connectivity index (χ4n) is 1.00. The summed E-state index contributed by atoms with van der Waals surface area (Å²) in [7, 11) is 0. The monoisotopic (exact) mass is 196 g/mol. The molecule has 0 aliphatic rings. The lowest BCUT2D eigenvalue weighted by atomic mass is 10.1. The summed E-state index contributed by atoms with van der Waals surface area (Å²) in [5.74, 6) is -0.956. The Labute approximate surface area is 79.2 Å². The molecule has 0 radical (unpaired) electrons. The van der Waals surface area contributed by atoms with Crippen LogP contribution in [0.1, 0.15) is 22.9 Å². The number of hydrogen-bond donors (Lipinski definition) is 2. The zero-order chi connectivity index (χ0) is 9.84. The first kappa shape index (κ1) is 9.71. The summed E-state index contributed by atoms with van der Waals surface area (Å²) >= 11 is 1.27. The van der Waals surface area contributed by atoms with E-state index in [1.54, 1.807) is 11.4 Å². The third kappa shape index (κ3) is 2.28. The second-order valence-corrected chi connectivity index (χ2v) is 3.44. The zero-order valence-electron chi connectivity index (χ0n) is 6.73. The molecule has 1 heterocycles. The van der Waals surface area contributed by atoms with Gasteiger partial charge < -0.3 is 10.8 Å². The second kappa shape index (κ2) is 4.03. The molecule has 0 aliphatic carbocycles. The lowest BCUT2D eigenvalue weighted by Gasteiger charge is -2.06. The number of carbonyl (C=O) groups is 1. The molecule has 4 nitrogen and oxygen atoms in total. The van der Waals surface area contributed by atoms with E-state index < -0.39 is 12.0 Å². The molecule has 1 aromatic rings. The van der Waals surface area contributed by atoms with E-state index in [-0.39, 0.29) is 6.42 Å². The highest BCUT2D eigenvalue weighted by Gasteiger charge is 2.14. The number of rotatable bonds is 3. The molecular formula is C8H8N2O2S. The quantitative estimate of drug-likeness (QED) is 0.757. The average Bonchev–Trinajstić information content (AvgIpc) is 2.49. The van der Waals surface area contributed by atoms with Gasteiger partial charge in [0, 0.05) is 6.04 Å². The molecule has 0 spiro atoms. The van der Waals surface area contributed by atoms with Crippen LogP contribution in [0.5, 0.6) is 0 Å². The van der Waals surface area contributed by atoms with Crippen molar-refractivity contribution in [2.24, 2.45) is 5.73 Å². The average molecular weight is 196 g/mol. The number of carboxylic acids is 1. The van der Waals surface area contributed by atoms with Gasteiger partial charge in [-0.05, 0) is 17.0 Å². The van der Waals surface area contributed by atoms with Gasteiger partial charge in [-0.3, -0.25) is 4.79 Å². The van der Waals surface area contributed by atoms with Crippen LogP contribution in [0.15, 0.2) is 11.4 Å². The van der Waals surface area contributed by atoms with E-state index in [1.807, 2.05) is 6.07 Å². The number of aliphatic carboxylic acids is 1. The highest BCUT2D eigenvalue weighted by Crippen LogP contribution is 2.23. The van der Waals surface area contributed by atoms with Crippen molar-refractivity contribution in [2.45, 2.75) is 12.5 Å². The molecule has 0 aromatic carbocycles. The van der Waals surface area contributed by atoms with Crippen molar-refractivity contribution < 1.29 is 9.90 Å². The Morgan fingerprint density at radius 1 is 1.85 bits per heavy atom. The summed E-state index contributed by atoms with van der Waals surface area (Å²) in [4.78, 5) is 10.8. The normalized spacial score (nSPS) is 12.0. The molecule has 0 bridgehead atoms. The van der Waals surface area contributed by atoms with Crippen molar-refractivity contribution in [2.75, 3.05) is 0 Å². The zero-order valence-corrected chi connectivity index (χ0v) is 7.54. The van der Waals surface area contributed by atoms with Crippen LogP contribution in [0, 0.1) is 11.3 Å². The van der Waals surface area contributed by atoms with Crippen LogP contribution in [0.4, 0.5) is 0 Å². The number of nitriles is 1. The van der Waals surface area contributed by atoms with Gasteiger partial charge in [-0.1, -0.05) is 0 Å². The number of carboxylic acid groups (broad SMARTS) is 1. The minimum Gasteiger partial charge on any atom is -0.481 e. The molecule has 5 heteroatoms. The van der Waals surface area contributed by atoms with Gasteiger partial charge in [0.15, 0.2) is 0 Å². The van der Waals surface area contributed by atoms with E-state index in [1.165, 1.54) is 11.3 Å². The van der Waals surface area contributed by atoms with E-state index in [0.717, 1.165) is 0 Å². The summed E-state index contributed by atoms with van der Waals surface area (Å²) < 4.78 is 0. The Morgan fingerprint density at radius 3 is 3.08 bits per heavy atom. The molecule has 0 aliphatic heterocycles. The van der Waals surface area contributed by atoms with Crippen molar-refractivity contribution in [1.82, 2.24) is 0 Å². The largest absolute Gasteiger partial charge is 0.481 e. The first-order valence-electron chi connectivity index (χ1n) is 3.60. The maximum absolute atomic E-state index is 10.3. The molecule has 1 aromatic heterocycles. The molecule has 0 fully saturated rings. The van der Waals surface area contributed by atoms with Gasteiger partial charge >= 0.3 is 5.97 Å². The molecule has 0 saturated heterocycles. The lowest BCUT2D eigenvalue weighted by molar-refractivity contribution is -0.137. The van der Waals surface area contributed by atoms with Crippen LogP contribution in [0.2, 0.25) is 0 Å². The highest BCUT2D eigenvalue weighted by molar-refractivity contribution is 7.10. The standard InChI is InChI=1S/C8H8N2O2S/c9-4-7-5(1-2-13-7)6(10)3-8(11)12/h1-2,6H,3,10H2,(H,11,12). The molecule has 3 N–H and O–H groups in total. The second-order valence-electron chi connectivity index (χ2n) is 2.52. The number of thiophene rings is 1. The van der Waals surface area contributed by atoms with Crippen molar-refractivity contribution in [3.05, 3.63) is 21.9 Å². The summed E-state index contributed by atoms with van der Waals surface area (Å²) in [5, 5.41) is 18.9. The summed E-state index contributed by atoms with van der Waals surface area (Å²) in [6, 6.07) is 3.08. The first-order chi connectivity index (χ1) is 6.15. The maximum Gasteiger partial charge on any atom is 0.305 e. The van der Waals surface area contributed by atoms with E-state index >= 15 is 0 Å². The Morgan fingerprint density at radius 2 is 2.54 bits per heavy atom. The summed E-state index contributed by atoms with van der Waals surface area (Å²) in [6.45, 7) is 0. The maximum atomic E-state index is 10.3. The predicted octanol–water partition coefficient (Wildman–Crippen LogP) is 1.09. The van der Waals surface area contributed by atoms with Gasteiger partial charge in [-0.2, -0.15) is 5.26 Å². The molecule has 1 atom stereocenters. The number of nitrogens with zero attached hydrogens (tertiary/aromatic N) is 1. The Hall–Kier alpha value is -1.38. The molecular weight excluding hydrogens is 188 g/mol. The van der Waals surface area contributed by atoms with Crippen molar-refractivity contribution in [1.29, 1.82) is 5.26 Å². The number of hydrogen-bond acceptors (Lipinski definition) is 4. The molecule has 0 saturated carbocycles. The van der Waals surface area contributed by atoms with Crippen LogP contribution in [-0.2, 0) is 4.79 Å². The lowest BCUT2D eigenvalue weighted by Crippen LogP contribution is -2.15. The van der Waals surface area contributed by atoms with Gasteiger partial charge in [0.05, 0.1) is 6.42 Å². The third-order valence-electron chi connectivity index (χ3n) is 1.59. The molecule has 68 valence electrons. The van der Waals surface area contributed by atoms with E-state index in [9.17, 15) is 4.79 Å². The van der Waals surface area contributed by atoms with E-state index in [4.69, 9.17) is 16.1 Å². The fraction of sp³-hybridized carbons (Fsp3) is 0.250. The van der Waals surface area contributed by atoms with Gasteiger partial charge in [0.1, 0.15) is 10.9 Å². The Balaban J connectivity index is 2.83. The highest BCUT2D eigenvalue weighted by atomic mass is 32.1. The van der Waals surface area contributed by atoms with Gasteiger partial charge in [0.2, 0.25) is 0 Å². The minimum absolute atomic E-state index is 0.147. The van der Waals surface area contributed by atoms with Crippen LogP contribution < -0.4 is 5.73 Å². The predicted molar refractivity (Wildman–Crippen MR) is 48.2 cm³/mol. The van der Waals surface area contributed by atoms with E-state index in [2.05, 4.69) is 0 Å². The van der Waals surface area contributed by atoms with Crippen molar-refractivity contribution in [3.8, 4) is 6.07 Å².